The lowest BCUT2D eigenvalue weighted by Crippen LogP contribution is -2.37. The summed E-state index contributed by atoms with van der Waals surface area (Å²) in [6.07, 6.45) is 1.97. The van der Waals surface area contributed by atoms with Crippen molar-refractivity contribution < 1.29 is 17.9 Å². The minimum atomic E-state index is -3.62. The van der Waals surface area contributed by atoms with E-state index in [0.29, 0.717) is 31.7 Å². The molecule has 1 aliphatic rings. The van der Waals surface area contributed by atoms with Crippen molar-refractivity contribution in [1.29, 1.82) is 0 Å². The van der Waals surface area contributed by atoms with Gasteiger partial charge >= 0.3 is 0 Å². The van der Waals surface area contributed by atoms with Gasteiger partial charge in [-0.05, 0) is 42.5 Å². The molecule has 1 aromatic carbocycles. The van der Waals surface area contributed by atoms with E-state index in [1.165, 1.54) is 10.4 Å². The number of nitrogens with zero attached hydrogens (tertiary/aromatic N) is 2. The Hall–Kier alpha value is -1.74. The highest BCUT2D eigenvalue weighted by Gasteiger charge is 2.26. The van der Waals surface area contributed by atoms with Crippen molar-refractivity contribution in [3.63, 3.8) is 0 Å². The molecule has 0 saturated carbocycles. The third-order valence-electron chi connectivity index (χ3n) is 5.09. The molecule has 158 valence electrons. The summed E-state index contributed by atoms with van der Waals surface area (Å²) in [5.74, 6) is -0.175. The van der Waals surface area contributed by atoms with Gasteiger partial charge in [0.05, 0.1) is 17.5 Å². The van der Waals surface area contributed by atoms with Gasteiger partial charge < -0.3 is 9.64 Å². The molecule has 0 radical (unpaired) electrons. The molecular weight excluding hydrogens is 408 g/mol. The first kappa shape index (κ1) is 22.0. The molecule has 0 bridgehead atoms. The lowest BCUT2D eigenvalue weighted by Gasteiger charge is -2.25. The maximum atomic E-state index is 13.3. The van der Waals surface area contributed by atoms with E-state index in [0.717, 1.165) is 24.3 Å². The number of amides is 1. The van der Waals surface area contributed by atoms with E-state index >= 15 is 0 Å². The molecule has 1 fully saturated rings. The smallest absolute Gasteiger partial charge is 0.254 e. The first-order chi connectivity index (χ1) is 14.0. The number of benzene rings is 1. The predicted octanol–water partition coefficient (Wildman–Crippen LogP) is 3.60. The summed E-state index contributed by atoms with van der Waals surface area (Å²) in [7, 11) is -3.62. The normalized spacial score (nSPS) is 17.0. The highest BCUT2D eigenvalue weighted by molar-refractivity contribution is 7.89. The van der Waals surface area contributed by atoms with E-state index in [4.69, 9.17) is 4.74 Å². The van der Waals surface area contributed by atoms with Crippen LogP contribution >= 0.6 is 11.3 Å². The Morgan fingerprint density at radius 2 is 2.00 bits per heavy atom. The van der Waals surface area contributed by atoms with Gasteiger partial charge in [0.25, 0.3) is 5.91 Å². The standard InChI is InChI=1S/C21H28N2O4S2/c1-3-23(4-2)29(25,26)20-11-5-8-17(14-20)21(24)22(15-18-9-6-12-27-18)16-19-10-7-13-28-19/h5,7-8,10-11,13-14,18H,3-4,6,9,12,15-16H2,1-2H3/t18-/m0/s1. The highest BCUT2D eigenvalue weighted by atomic mass is 32.2. The van der Waals surface area contributed by atoms with Crippen LogP contribution in [0.5, 0.6) is 0 Å². The fourth-order valence-electron chi connectivity index (χ4n) is 3.53. The van der Waals surface area contributed by atoms with Gasteiger partial charge in [0, 0.05) is 36.7 Å². The highest BCUT2D eigenvalue weighted by Crippen LogP contribution is 2.22. The van der Waals surface area contributed by atoms with Crippen LogP contribution in [0.3, 0.4) is 0 Å². The van der Waals surface area contributed by atoms with Gasteiger partial charge in [-0.2, -0.15) is 4.31 Å². The van der Waals surface area contributed by atoms with Crippen molar-refractivity contribution in [3.05, 3.63) is 52.2 Å². The van der Waals surface area contributed by atoms with Gasteiger partial charge in [0.15, 0.2) is 0 Å². The van der Waals surface area contributed by atoms with Crippen LogP contribution in [0.2, 0.25) is 0 Å². The summed E-state index contributed by atoms with van der Waals surface area (Å²) in [6.45, 7) is 6.11. The average molecular weight is 437 g/mol. The molecule has 0 aliphatic carbocycles. The maximum Gasteiger partial charge on any atom is 0.254 e. The molecule has 0 spiro atoms. The number of hydrogen-bond acceptors (Lipinski definition) is 5. The molecule has 2 heterocycles. The zero-order chi connectivity index (χ0) is 20.9. The molecule has 29 heavy (non-hydrogen) atoms. The molecule has 8 heteroatoms. The molecule has 1 atom stereocenters. The van der Waals surface area contributed by atoms with Crippen molar-refractivity contribution in [2.24, 2.45) is 0 Å². The Kier molecular flexibility index (Phi) is 7.45. The van der Waals surface area contributed by atoms with Crippen molar-refractivity contribution in [1.82, 2.24) is 9.21 Å². The SMILES string of the molecule is CCN(CC)S(=O)(=O)c1cccc(C(=O)N(Cc2cccs2)C[C@@H]2CCCO2)c1. The topological polar surface area (TPSA) is 66.9 Å². The van der Waals surface area contributed by atoms with E-state index in [2.05, 4.69) is 0 Å². The van der Waals surface area contributed by atoms with Crippen molar-refractivity contribution in [2.75, 3.05) is 26.2 Å². The van der Waals surface area contributed by atoms with Crippen molar-refractivity contribution in [3.8, 4) is 0 Å². The summed E-state index contributed by atoms with van der Waals surface area (Å²) >= 11 is 1.60. The van der Waals surface area contributed by atoms with Gasteiger partial charge in [-0.25, -0.2) is 8.42 Å². The zero-order valence-corrected chi connectivity index (χ0v) is 18.5. The van der Waals surface area contributed by atoms with Crippen LogP contribution in [0.25, 0.3) is 0 Å². The van der Waals surface area contributed by atoms with E-state index in [9.17, 15) is 13.2 Å². The first-order valence-electron chi connectivity index (χ1n) is 9.99. The van der Waals surface area contributed by atoms with Crippen LogP contribution in [0.1, 0.15) is 41.9 Å². The first-order valence-corrected chi connectivity index (χ1v) is 12.3. The lowest BCUT2D eigenvalue weighted by atomic mass is 10.1. The molecule has 3 rings (SSSR count). The van der Waals surface area contributed by atoms with Crippen LogP contribution < -0.4 is 0 Å². The number of rotatable bonds is 9. The maximum absolute atomic E-state index is 13.3. The number of sulfonamides is 1. The molecule has 6 nitrogen and oxygen atoms in total. The van der Waals surface area contributed by atoms with Gasteiger partial charge in [-0.1, -0.05) is 26.0 Å². The molecule has 0 N–H and O–H groups in total. The van der Waals surface area contributed by atoms with Gasteiger partial charge in [0.1, 0.15) is 0 Å². The predicted molar refractivity (Wildman–Crippen MR) is 115 cm³/mol. The van der Waals surface area contributed by atoms with Crippen LogP contribution in [-0.4, -0.2) is 55.9 Å². The summed E-state index contributed by atoms with van der Waals surface area (Å²) in [4.78, 5) is 16.3. The molecule has 0 unspecified atom stereocenters. The van der Waals surface area contributed by atoms with Crippen LogP contribution in [0, 0.1) is 0 Å². The monoisotopic (exact) mass is 436 g/mol. The third-order valence-corrected chi connectivity index (χ3v) is 7.99. The second-order valence-corrected chi connectivity index (χ2v) is 9.99. The van der Waals surface area contributed by atoms with Crippen LogP contribution in [0.4, 0.5) is 0 Å². The number of carbonyl (C=O) groups excluding carboxylic acids is 1. The van der Waals surface area contributed by atoms with Crippen LogP contribution in [-0.2, 0) is 21.3 Å². The third kappa shape index (κ3) is 5.25. The molecule has 1 aromatic heterocycles. The van der Waals surface area contributed by atoms with E-state index in [1.54, 1.807) is 48.3 Å². The number of carbonyl (C=O) groups is 1. The quantitative estimate of drug-likeness (QED) is 0.602. The fraction of sp³-hybridized carbons (Fsp3) is 0.476. The van der Waals surface area contributed by atoms with Gasteiger partial charge in [-0.3, -0.25) is 4.79 Å². The fourth-order valence-corrected chi connectivity index (χ4v) is 5.75. The second kappa shape index (κ2) is 9.84. The van der Waals surface area contributed by atoms with Gasteiger partial charge in [0.2, 0.25) is 10.0 Å². The Bertz CT molecular complexity index is 903. The summed E-state index contributed by atoms with van der Waals surface area (Å²) in [6, 6.07) is 10.3. The molecule has 1 aliphatic heterocycles. The van der Waals surface area contributed by atoms with Gasteiger partial charge in [-0.15, -0.1) is 11.3 Å². The average Bonchev–Trinajstić information content (AvgIpc) is 3.42. The summed E-state index contributed by atoms with van der Waals surface area (Å²) in [5.41, 5.74) is 0.382. The van der Waals surface area contributed by atoms with E-state index < -0.39 is 10.0 Å². The lowest BCUT2D eigenvalue weighted by molar-refractivity contribution is 0.0509. The molecule has 1 amide bonds. The van der Waals surface area contributed by atoms with Crippen molar-refractivity contribution >= 4 is 27.3 Å². The Morgan fingerprint density at radius 1 is 1.21 bits per heavy atom. The molecule has 2 aromatic rings. The second-order valence-electron chi connectivity index (χ2n) is 7.02. The van der Waals surface area contributed by atoms with E-state index in [-0.39, 0.29) is 16.9 Å². The Balaban J connectivity index is 1.86. The zero-order valence-electron chi connectivity index (χ0n) is 16.9. The summed E-state index contributed by atoms with van der Waals surface area (Å²) in [5, 5.41) is 1.99. The Labute approximate surface area is 177 Å². The number of thiophene rings is 1. The molecule has 1 saturated heterocycles. The minimum Gasteiger partial charge on any atom is -0.376 e. The minimum absolute atomic E-state index is 0.0292. The summed E-state index contributed by atoms with van der Waals surface area (Å²) < 4.78 is 32.8. The number of hydrogen-bond donors (Lipinski definition) is 0. The largest absolute Gasteiger partial charge is 0.376 e. The van der Waals surface area contributed by atoms with Crippen molar-refractivity contribution in [2.45, 2.75) is 44.2 Å². The molecular formula is C21H28N2O4S2. The Morgan fingerprint density at radius 3 is 2.62 bits per heavy atom. The van der Waals surface area contributed by atoms with E-state index in [1.807, 2.05) is 17.5 Å². The number of ether oxygens (including phenoxy) is 1. The van der Waals surface area contributed by atoms with Crippen LogP contribution in [0.15, 0.2) is 46.7 Å².